The molecule has 1 heterocycles. The van der Waals surface area contributed by atoms with Crippen molar-refractivity contribution in [2.24, 2.45) is 0 Å². The summed E-state index contributed by atoms with van der Waals surface area (Å²) >= 11 is 0. The molecular weight excluding hydrogens is 332 g/mol. The number of benzene rings is 2. The summed E-state index contributed by atoms with van der Waals surface area (Å²) in [6.07, 6.45) is 0. The zero-order valence-corrected chi connectivity index (χ0v) is 14.6. The van der Waals surface area contributed by atoms with Gasteiger partial charge < -0.3 is 4.42 Å². The molecule has 5 rings (SSSR count). The van der Waals surface area contributed by atoms with Crippen LogP contribution < -0.4 is 5.63 Å². The Labute approximate surface area is 156 Å². The molecule has 0 atom stereocenters. The summed E-state index contributed by atoms with van der Waals surface area (Å²) in [5, 5.41) is 1.57. The Morgan fingerprint density at radius 1 is 0.593 bits per heavy atom. The van der Waals surface area contributed by atoms with Gasteiger partial charge in [0.15, 0.2) is 0 Å². The Bertz CT molecular complexity index is 1270. The molecule has 0 fully saturated rings. The van der Waals surface area contributed by atoms with Crippen molar-refractivity contribution >= 4 is 10.8 Å². The maximum Gasteiger partial charge on any atom is 0.344 e. The second-order valence-electron chi connectivity index (χ2n) is 6.54. The van der Waals surface area contributed by atoms with Crippen LogP contribution in [0.15, 0.2) is 106 Å². The molecule has 0 saturated heterocycles. The van der Waals surface area contributed by atoms with Crippen molar-refractivity contribution < 1.29 is 4.42 Å². The summed E-state index contributed by atoms with van der Waals surface area (Å²) in [6, 6.07) is 32.0. The first-order valence-electron chi connectivity index (χ1n) is 8.92. The fourth-order valence-corrected chi connectivity index (χ4v) is 3.70. The van der Waals surface area contributed by atoms with E-state index in [1.807, 2.05) is 78.9 Å². The standard InChI is InChI=1S/C25H16O2/c26-25-21-16-19-14-8-3-9-15-20(19)23(21)22(17-10-4-1-5-11-17)24(27-25)18-12-6-2-7-13-18/h1-16H. The van der Waals surface area contributed by atoms with Gasteiger partial charge in [0.25, 0.3) is 0 Å². The Morgan fingerprint density at radius 2 is 1.15 bits per heavy atom. The third kappa shape index (κ3) is 2.54. The molecule has 2 aliphatic rings. The SMILES string of the molecule is O=c1oc(-c2ccccc2)c(-c2ccccc2)c2c3cccccc-3cc12. The molecule has 0 amide bonds. The zero-order valence-electron chi connectivity index (χ0n) is 14.6. The van der Waals surface area contributed by atoms with Crippen LogP contribution in [-0.2, 0) is 0 Å². The van der Waals surface area contributed by atoms with Crippen LogP contribution in [0.5, 0.6) is 0 Å². The van der Waals surface area contributed by atoms with Crippen molar-refractivity contribution in [2.45, 2.75) is 0 Å². The molecule has 0 saturated carbocycles. The normalized spacial score (nSPS) is 11.1. The van der Waals surface area contributed by atoms with Gasteiger partial charge in [0.05, 0.1) is 5.39 Å². The van der Waals surface area contributed by atoms with Crippen LogP contribution in [0.25, 0.3) is 44.3 Å². The Balaban J connectivity index is 2.00. The van der Waals surface area contributed by atoms with Gasteiger partial charge in [-0.15, -0.1) is 0 Å². The van der Waals surface area contributed by atoms with Crippen LogP contribution in [0.1, 0.15) is 0 Å². The van der Waals surface area contributed by atoms with Gasteiger partial charge in [-0.05, 0) is 22.8 Å². The van der Waals surface area contributed by atoms with E-state index < -0.39 is 0 Å². The molecule has 27 heavy (non-hydrogen) atoms. The molecule has 0 radical (unpaired) electrons. The minimum atomic E-state index is -0.303. The first kappa shape index (κ1) is 15.6. The predicted octanol–water partition coefficient (Wildman–Crippen LogP) is 6.23. The molecule has 2 aliphatic carbocycles. The molecule has 0 bridgehead atoms. The maximum absolute atomic E-state index is 12.8. The largest absolute Gasteiger partial charge is 0.422 e. The van der Waals surface area contributed by atoms with Crippen molar-refractivity contribution in [1.82, 2.24) is 0 Å². The fourth-order valence-electron chi connectivity index (χ4n) is 3.70. The lowest BCUT2D eigenvalue weighted by Gasteiger charge is -2.11. The molecule has 0 spiro atoms. The van der Waals surface area contributed by atoms with Gasteiger partial charge in [0.1, 0.15) is 5.76 Å². The highest BCUT2D eigenvalue weighted by atomic mass is 16.4. The topological polar surface area (TPSA) is 30.2 Å². The average Bonchev–Trinajstić information content (AvgIpc) is 2.92. The summed E-state index contributed by atoms with van der Waals surface area (Å²) in [4.78, 5) is 12.8. The van der Waals surface area contributed by atoms with Crippen LogP contribution in [-0.4, -0.2) is 0 Å². The van der Waals surface area contributed by atoms with Gasteiger partial charge in [0, 0.05) is 16.5 Å². The number of fused-ring (bicyclic) bond motifs is 3. The fraction of sp³-hybridized carbons (Fsp3) is 0. The van der Waals surface area contributed by atoms with E-state index in [1.54, 1.807) is 0 Å². The molecule has 1 aromatic heterocycles. The predicted molar refractivity (Wildman–Crippen MR) is 110 cm³/mol. The van der Waals surface area contributed by atoms with Gasteiger partial charge in [-0.3, -0.25) is 0 Å². The third-order valence-corrected chi connectivity index (χ3v) is 4.90. The van der Waals surface area contributed by atoms with E-state index in [0.29, 0.717) is 11.1 Å². The van der Waals surface area contributed by atoms with E-state index in [2.05, 4.69) is 18.2 Å². The first-order valence-corrected chi connectivity index (χ1v) is 8.92. The average molecular weight is 348 g/mol. The molecule has 128 valence electrons. The molecule has 0 aliphatic heterocycles. The van der Waals surface area contributed by atoms with E-state index in [0.717, 1.165) is 33.2 Å². The minimum absolute atomic E-state index is 0.303. The van der Waals surface area contributed by atoms with Crippen molar-refractivity contribution in [2.75, 3.05) is 0 Å². The van der Waals surface area contributed by atoms with E-state index in [1.165, 1.54) is 0 Å². The van der Waals surface area contributed by atoms with E-state index in [-0.39, 0.29) is 5.63 Å². The van der Waals surface area contributed by atoms with Gasteiger partial charge >= 0.3 is 5.63 Å². The smallest absolute Gasteiger partial charge is 0.344 e. The van der Waals surface area contributed by atoms with E-state index >= 15 is 0 Å². The van der Waals surface area contributed by atoms with E-state index in [9.17, 15) is 4.79 Å². The minimum Gasteiger partial charge on any atom is -0.422 e. The molecule has 3 aromatic rings. The van der Waals surface area contributed by atoms with E-state index in [4.69, 9.17) is 4.42 Å². The number of rotatable bonds is 2. The van der Waals surface area contributed by atoms with Gasteiger partial charge in [-0.1, -0.05) is 91.0 Å². The zero-order chi connectivity index (χ0) is 18.2. The van der Waals surface area contributed by atoms with Gasteiger partial charge in [0.2, 0.25) is 0 Å². The lowest BCUT2D eigenvalue weighted by Crippen LogP contribution is -2.01. The number of hydrogen-bond donors (Lipinski definition) is 0. The van der Waals surface area contributed by atoms with Gasteiger partial charge in [-0.2, -0.15) is 0 Å². The third-order valence-electron chi connectivity index (χ3n) is 4.90. The molecular formula is C25H16O2. The van der Waals surface area contributed by atoms with Crippen molar-refractivity contribution in [3.05, 3.63) is 107 Å². The summed E-state index contributed by atoms with van der Waals surface area (Å²) in [7, 11) is 0. The highest BCUT2D eigenvalue weighted by molar-refractivity contribution is 6.12. The summed E-state index contributed by atoms with van der Waals surface area (Å²) in [5.74, 6) is 0.610. The lowest BCUT2D eigenvalue weighted by molar-refractivity contribution is 0.536. The summed E-state index contributed by atoms with van der Waals surface area (Å²) in [5.41, 5.74) is 4.66. The molecule has 0 unspecified atom stereocenters. The molecule has 2 nitrogen and oxygen atoms in total. The summed E-state index contributed by atoms with van der Waals surface area (Å²) in [6.45, 7) is 0. The number of hydrogen-bond acceptors (Lipinski definition) is 2. The van der Waals surface area contributed by atoms with Crippen molar-refractivity contribution in [3.8, 4) is 33.6 Å². The molecule has 2 aromatic carbocycles. The lowest BCUT2D eigenvalue weighted by atomic mass is 9.95. The Kier molecular flexibility index (Phi) is 3.61. The molecule has 2 heteroatoms. The highest BCUT2D eigenvalue weighted by Gasteiger charge is 2.22. The highest BCUT2D eigenvalue weighted by Crippen LogP contribution is 2.43. The Hall–Kier alpha value is -3.65. The van der Waals surface area contributed by atoms with Crippen LogP contribution in [0.3, 0.4) is 0 Å². The van der Waals surface area contributed by atoms with Crippen LogP contribution >= 0.6 is 0 Å². The molecule has 0 N–H and O–H groups in total. The maximum atomic E-state index is 12.8. The van der Waals surface area contributed by atoms with Crippen LogP contribution in [0.4, 0.5) is 0 Å². The second kappa shape index (κ2) is 6.26. The van der Waals surface area contributed by atoms with Crippen LogP contribution in [0, 0.1) is 0 Å². The second-order valence-corrected chi connectivity index (χ2v) is 6.54. The first-order chi connectivity index (χ1) is 13.3. The quantitative estimate of drug-likeness (QED) is 0.378. The van der Waals surface area contributed by atoms with Crippen molar-refractivity contribution in [3.63, 3.8) is 0 Å². The monoisotopic (exact) mass is 348 g/mol. The van der Waals surface area contributed by atoms with Crippen LogP contribution in [0.2, 0.25) is 0 Å². The van der Waals surface area contributed by atoms with Gasteiger partial charge in [-0.25, -0.2) is 4.79 Å². The summed E-state index contributed by atoms with van der Waals surface area (Å²) < 4.78 is 5.86. The van der Waals surface area contributed by atoms with Crippen molar-refractivity contribution in [1.29, 1.82) is 0 Å². The Morgan fingerprint density at radius 3 is 1.81 bits per heavy atom.